The van der Waals surface area contributed by atoms with Gasteiger partial charge in [-0.2, -0.15) is 5.10 Å². The lowest BCUT2D eigenvalue weighted by molar-refractivity contribution is -0.274. The molecular formula is C11H10F3N3O. The number of halogens is 3. The predicted molar refractivity (Wildman–Crippen MR) is 58.9 cm³/mol. The molecule has 2 rings (SSSR count). The molecule has 0 spiro atoms. The van der Waals surface area contributed by atoms with Crippen LogP contribution >= 0.6 is 0 Å². The molecule has 0 saturated heterocycles. The number of aromatic nitrogens is 2. The number of ether oxygens (including phenoxy) is 1. The van der Waals surface area contributed by atoms with Crippen molar-refractivity contribution in [2.45, 2.75) is 12.9 Å². The van der Waals surface area contributed by atoms with Gasteiger partial charge in [0.25, 0.3) is 0 Å². The van der Waals surface area contributed by atoms with Crippen molar-refractivity contribution < 1.29 is 17.9 Å². The summed E-state index contributed by atoms with van der Waals surface area (Å²) in [4.78, 5) is 0. The highest BCUT2D eigenvalue weighted by Crippen LogP contribution is 2.26. The zero-order valence-corrected chi connectivity index (χ0v) is 9.19. The van der Waals surface area contributed by atoms with Crippen molar-refractivity contribution in [2.75, 3.05) is 5.73 Å². The van der Waals surface area contributed by atoms with E-state index in [4.69, 9.17) is 5.73 Å². The smallest absolute Gasteiger partial charge is 0.405 e. The van der Waals surface area contributed by atoms with Crippen LogP contribution in [0, 0.1) is 0 Å². The average molecular weight is 257 g/mol. The van der Waals surface area contributed by atoms with E-state index in [2.05, 4.69) is 9.84 Å². The summed E-state index contributed by atoms with van der Waals surface area (Å²) in [5.41, 5.74) is 5.96. The Morgan fingerprint density at radius 2 is 1.94 bits per heavy atom. The molecule has 7 heteroatoms. The normalized spacial score (nSPS) is 11.5. The molecule has 0 aliphatic rings. The Morgan fingerprint density at radius 3 is 2.56 bits per heavy atom. The zero-order chi connectivity index (χ0) is 13.2. The van der Waals surface area contributed by atoms with E-state index >= 15 is 0 Å². The van der Waals surface area contributed by atoms with Gasteiger partial charge in [0.1, 0.15) is 11.6 Å². The van der Waals surface area contributed by atoms with Crippen molar-refractivity contribution >= 4 is 5.82 Å². The van der Waals surface area contributed by atoms with Gasteiger partial charge in [-0.3, -0.25) is 0 Å². The lowest BCUT2D eigenvalue weighted by Crippen LogP contribution is -2.18. The van der Waals surface area contributed by atoms with Crippen LogP contribution in [0.5, 0.6) is 5.75 Å². The van der Waals surface area contributed by atoms with Gasteiger partial charge in [0.15, 0.2) is 0 Å². The molecule has 0 atom stereocenters. The first-order valence-electron chi connectivity index (χ1n) is 5.06. The zero-order valence-electron chi connectivity index (χ0n) is 9.19. The molecular weight excluding hydrogens is 247 g/mol. The minimum atomic E-state index is -4.72. The monoisotopic (exact) mass is 257 g/mol. The van der Waals surface area contributed by atoms with Gasteiger partial charge in [-0.15, -0.1) is 13.2 Å². The van der Waals surface area contributed by atoms with Gasteiger partial charge in [-0.05, 0) is 12.1 Å². The molecule has 4 nitrogen and oxygen atoms in total. The summed E-state index contributed by atoms with van der Waals surface area (Å²) in [5.74, 6) is 0.122. The van der Waals surface area contributed by atoms with Crippen molar-refractivity contribution in [1.82, 2.24) is 9.78 Å². The van der Waals surface area contributed by atoms with Crippen LogP contribution in [0.2, 0.25) is 0 Å². The Kier molecular flexibility index (Phi) is 3.14. The standard InChI is InChI=1S/C11H10F3N3O/c12-11(13,14)18-9-4-2-1-3-8(9)7-17-10(15)5-6-16-17/h1-6H,7,15H2. The van der Waals surface area contributed by atoms with Crippen LogP contribution in [-0.4, -0.2) is 16.1 Å². The summed E-state index contributed by atoms with van der Waals surface area (Å²) in [7, 11) is 0. The number of benzene rings is 1. The van der Waals surface area contributed by atoms with E-state index in [0.29, 0.717) is 11.4 Å². The minimum absolute atomic E-state index is 0.116. The lowest BCUT2D eigenvalue weighted by atomic mass is 10.2. The third-order valence-electron chi connectivity index (χ3n) is 2.27. The van der Waals surface area contributed by atoms with Crippen LogP contribution in [0.1, 0.15) is 5.56 Å². The van der Waals surface area contributed by atoms with Crippen LogP contribution in [0.15, 0.2) is 36.5 Å². The molecule has 0 saturated carbocycles. The van der Waals surface area contributed by atoms with Crippen molar-refractivity contribution in [3.63, 3.8) is 0 Å². The fourth-order valence-corrected chi connectivity index (χ4v) is 1.50. The van der Waals surface area contributed by atoms with Gasteiger partial charge in [-0.25, -0.2) is 4.68 Å². The second-order valence-corrected chi connectivity index (χ2v) is 3.57. The number of hydrogen-bond donors (Lipinski definition) is 1. The number of alkyl halides is 3. The van der Waals surface area contributed by atoms with Crippen LogP contribution in [0.25, 0.3) is 0 Å². The fourth-order valence-electron chi connectivity index (χ4n) is 1.50. The maximum absolute atomic E-state index is 12.2. The molecule has 0 aliphatic carbocycles. The van der Waals surface area contributed by atoms with E-state index in [1.54, 1.807) is 12.1 Å². The van der Waals surface area contributed by atoms with Crippen LogP contribution in [0.4, 0.5) is 19.0 Å². The van der Waals surface area contributed by atoms with E-state index in [0.717, 1.165) is 0 Å². The average Bonchev–Trinajstić information content (AvgIpc) is 2.65. The molecule has 0 unspecified atom stereocenters. The SMILES string of the molecule is Nc1ccnn1Cc1ccccc1OC(F)(F)F. The molecule has 1 heterocycles. The summed E-state index contributed by atoms with van der Waals surface area (Å²) in [6.07, 6.45) is -3.24. The number of nitrogen functional groups attached to an aromatic ring is 1. The van der Waals surface area contributed by atoms with Gasteiger partial charge in [-0.1, -0.05) is 18.2 Å². The fraction of sp³-hybridized carbons (Fsp3) is 0.182. The molecule has 0 bridgehead atoms. The molecule has 2 N–H and O–H groups in total. The van der Waals surface area contributed by atoms with Gasteiger partial charge in [0, 0.05) is 5.56 Å². The Hall–Kier alpha value is -2.18. The first-order chi connectivity index (χ1) is 8.46. The molecule has 96 valence electrons. The Labute approximate surface area is 101 Å². The van der Waals surface area contributed by atoms with Crippen molar-refractivity contribution in [3.05, 3.63) is 42.1 Å². The van der Waals surface area contributed by atoms with Crippen LogP contribution in [-0.2, 0) is 6.54 Å². The van der Waals surface area contributed by atoms with E-state index in [9.17, 15) is 13.2 Å². The number of anilines is 1. The Morgan fingerprint density at radius 1 is 1.22 bits per heavy atom. The number of para-hydroxylation sites is 1. The maximum atomic E-state index is 12.2. The van der Waals surface area contributed by atoms with Gasteiger partial charge >= 0.3 is 6.36 Å². The number of rotatable bonds is 3. The highest BCUT2D eigenvalue weighted by molar-refractivity contribution is 5.35. The summed E-state index contributed by atoms with van der Waals surface area (Å²) >= 11 is 0. The Bertz CT molecular complexity index is 536. The lowest BCUT2D eigenvalue weighted by Gasteiger charge is -2.13. The second-order valence-electron chi connectivity index (χ2n) is 3.57. The van der Waals surface area contributed by atoms with Crippen molar-refractivity contribution in [2.24, 2.45) is 0 Å². The third kappa shape index (κ3) is 2.93. The van der Waals surface area contributed by atoms with Crippen LogP contribution in [0.3, 0.4) is 0 Å². The van der Waals surface area contributed by atoms with Gasteiger partial charge in [0.05, 0.1) is 12.7 Å². The molecule has 0 amide bonds. The van der Waals surface area contributed by atoms with E-state index in [-0.39, 0.29) is 12.3 Å². The number of nitrogens with zero attached hydrogens (tertiary/aromatic N) is 2. The summed E-state index contributed by atoms with van der Waals surface area (Å²) in [6.45, 7) is 0.116. The topological polar surface area (TPSA) is 53.1 Å². The molecule has 2 aromatic rings. The highest BCUT2D eigenvalue weighted by Gasteiger charge is 2.32. The first kappa shape index (κ1) is 12.3. The van der Waals surface area contributed by atoms with Crippen LogP contribution < -0.4 is 10.5 Å². The summed E-state index contributed by atoms with van der Waals surface area (Å²) < 4.78 is 42.0. The molecule has 1 aromatic carbocycles. The first-order valence-corrected chi connectivity index (χ1v) is 5.06. The largest absolute Gasteiger partial charge is 0.573 e. The molecule has 0 aliphatic heterocycles. The number of nitrogens with two attached hydrogens (primary N) is 1. The minimum Gasteiger partial charge on any atom is -0.405 e. The molecule has 0 fully saturated rings. The quantitative estimate of drug-likeness (QED) is 0.918. The van der Waals surface area contributed by atoms with Crippen molar-refractivity contribution in [3.8, 4) is 5.75 Å². The summed E-state index contributed by atoms with van der Waals surface area (Å²) in [6, 6.07) is 7.44. The third-order valence-corrected chi connectivity index (χ3v) is 2.27. The van der Waals surface area contributed by atoms with E-state index in [1.807, 2.05) is 0 Å². The Balaban J connectivity index is 2.25. The molecule has 0 radical (unpaired) electrons. The maximum Gasteiger partial charge on any atom is 0.573 e. The van der Waals surface area contributed by atoms with Crippen molar-refractivity contribution in [1.29, 1.82) is 0 Å². The highest BCUT2D eigenvalue weighted by atomic mass is 19.4. The number of hydrogen-bond acceptors (Lipinski definition) is 3. The molecule has 18 heavy (non-hydrogen) atoms. The summed E-state index contributed by atoms with van der Waals surface area (Å²) in [5, 5.41) is 3.90. The van der Waals surface area contributed by atoms with Gasteiger partial charge < -0.3 is 10.5 Å². The second kappa shape index (κ2) is 4.59. The van der Waals surface area contributed by atoms with E-state index < -0.39 is 6.36 Å². The van der Waals surface area contributed by atoms with Gasteiger partial charge in [0.2, 0.25) is 0 Å². The van der Waals surface area contributed by atoms with E-state index in [1.165, 1.54) is 29.1 Å². The predicted octanol–water partition coefficient (Wildman–Crippen LogP) is 2.41. The molecule has 1 aromatic heterocycles.